The topological polar surface area (TPSA) is 94.8 Å². The van der Waals surface area contributed by atoms with E-state index in [1.54, 1.807) is 12.1 Å². The minimum absolute atomic E-state index is 0.154. The first-order valence-corrected chi connectivity index (χ1v) is 9.46. The monoisotopic (exact) mass is 401 g/mol. The van der Waals surface area contributed by atoms with Crippen LogP contribution < -0.4 is 15.7 Å². The third kappa shape index (κ3) is 4.98. The molecule has 146 valence electrons. The number of nitrogens with one attached hydrogen (secondary N) is 1. The van der Waals surface area contributed by atoms with Crippen molar-refractivity contribution in [1.82, 2.24) is 5.32 Å². The molecule has 0 fully saturated rings. The number of fused-ring (bicyclic) bond motifs is 1. The molecule has 1 amide bonds. The van der Waals surface area contributed by atoms with Crippen molar-refractivity contribution in [3.8, 4) is 5.75 Å². The van der Waals surface area contributed by atoms with Crippen molar-refractivity contribution in [1.29, 1.82) is 0 Å². The highest BCUT2D eigenvalue weighted by Gasteiger charge is 2.13. The van der Waals surface area contributed by atoms with Gasteiger partial charge in [-0.2, -0.15) is 0 Å². The molecule has 0 aliphatic heterocycles. The predicted octanol–water partition coefficient (Wildman–Crippen LogP) is 2.96. The molecule has 3 rings (SSSR count). The number of ether oxygens (including phenoxy) is 2. The van der Waals surface area contributed by atoms with Crippen molar-refractivity contribution < 1.29 is 23.5 Å². The van der Waals surface area contributed by atoms with E-state index >= 15 is 0 Å². The van der Waals surface area contributed by atoms with Gasteiger partial charge in [0.05, 0.1) is 6.04 Å². The van der Waals surface area contributed by atoms with Gasteiger partial charge in [-0.1, -0.05) is 6.07 Å². The van der Waals surface area contributed by atoms with Crippen LogP contribution in [0.4, 0.5) is 0 Å². The van der Waals surface area contributed by atoms with Crippen LogP contribution in [0.3, 0.4) is 0 Å². The molecular weight excluding hydrogens is 382 g/mol. The molecule has 3 aromatic rings. The third-order valence-corrected chi connectivity index (χ3v) is 5.05. The molecule has 0 aliphatic rings. The molecule has 2 heterocycles. The van der Waals surface area contributed by atoms with Crippen molar-refractivity contribution in [3.05, 3.63) is 62.6 Å². The number of amides is 1. The van der Waals surface area contributed by atoms with Crippen molar-refractivity contribution in [2.24, 2.45) is 0 Å². The summed E-state index contributed by atoms with van der Waals surface area (Å²) in [7, 11) is 0. The Morgan fingerprint density at radius 2 is 2.04 bits per heavy atom. The van der Waals surface area contributed by atoms with Crippen LogP contribution in [0, 0.1) is 6.92 Å². The lowest BCUT2D eigenvalue weighted by atomic mass is 10.1. The smallest absolute Gasteiger partial charge is 0.344 e. The Hall–Kier alpha value is -3.13. The van der Waals surface area contributed by atoms with Gasteiger partial charge in [-0.15, -0.1) is 11.3 Å². The minimum Gasteiger partial charge on any atom is -0.482 e. The average molecular weight is 401 g/mol. The van der Waals surface area contributed by atoms with Crippen LogP contribution in [0.2, 0.25) is 0 Å². The van der Waals surface area contributed by atoms with Gasteiger partial charge in [0, 0.05) is 22.4 Å². The zero-order valence-electron chi connectivity index (χ0n) is 15.4. The lowest BCUT2D eigenvalue weighted by Gasteiger charge is -2.12. The zero-order valence-corrected chi connectivity index (χ0v) is 16.2. The summed E-state index contributed by atoms with van der Waals surface area (Å²) in [4.78, 5) is 36.2. The van der Waals surface area contributed by atoms with Gasteiger partial charge in [-0.05, 0) is 43.0 Å². The standard InChI is InChI=1S/C20H19NO6S/c1-12-8-19(23)27-16-9-14(5-6-15(12)16)25-11-20(24)26-10-18(22)21-13(2)17-4-3-7-28-17/h3-9,13H,10-11H2,1-2H3,(H,21,22)/t13-/m1/s1. The Morgan fingerprint density at radius 3 is 2.79 bits per heavy atom. The van der Waals surface area contributed by atoms with Gasteiger partial charge in [-0.3, -0.25) is 4.79 Å². The highest BCUT2D eigenvalue weighted by Crippen LogP contribution is 2.22. The molecular formula is C20H19NO6S. The summed E-state index contributed by atoms with van der Waals surface area (Å²) in [5.74, 6) is -0.712. The van der Waals surface area contributed by atoms with Gasteiger partial charge in [0.25, 0.3) is 5.91 Å². The molecule has 0 aliphatic carbocycles. The van der Waals surface area contributed by atoms with E-state index in [0.29, 0.717) is 11.3 Å². The summed E-state index contributed by atoms with van der Waals surface area (Å²) in [5, 5.41) is 5.46. The number of esters is 1. The Balaban J connectivity index is 1.48. The Bertz CT molecular complexity index is 1040. The van der Waals surface area contributed by atoms with Gasteiger partial charge in [-0.25, -0.2) is 9.59 Å². The number of benzene rings is 1. The van der Waals surface area contributed by atoms with E-state index in [-0.39, 0.29) is 19.3 Å². The largest absolute Gasteiger partial charge is 0.482 e. The Morgan fingerprint density at radius 1 is 1.21 bits per heavy atom. The molecule has 8 heteroatoms. The lowest BCUT2D eigenvalue weighted by molar-refractivity contribution is -0.150. The quantitative estimate of drug-likeness (QED) is 0.483. The molecule has 0 bridgehead atoms. The summed E-state index contributed by atoms with van der Waals surface area (Å²) in [6.07, 6.45) is 0. The first-order valence-electron chi connectivity index (χ1n) is 8.58. The number of aryl methyl sites for hydroxylation is 1. The first-order chi connectivity index (χ1) is 13.4. The van der Waals surface area contributed by atoms with Crippen LogP contribution in [-0.4, -0.2) is 25.1 Å². The number of hydrogen-bond donors (Lipinski definition) is 1. The van der Waals surface area contributed by atoms with Crippen LogP contribution >= 0.6 is 11.3 Å². The van der Waals surface area contributed by atoms with Crippen LogP contribution in [0.5, 0.6) is 5.75 Å². The van der Waals surface area contributed by atoms with Gasteiger partial charge in [0.15, 0.2) is 13.2 Å². The predicted molar refractivity (Wildman–Crippen MR) is 105 cm³/mol. The van der Waals surface area contributed by atoms with E-state index in [0.717, 1.165) is 15.8 Å². The van der Waals surface area contributed by atoms with Gasteiger partial charge in [0.1, 0.15) is 11.3 Å². The van der Waals surface area contributed by atoms with Crippen molar-refractivity contribution in [2.45, 2.75) is 19.9 Å². The molecule has 2 aromatic heterocycles. The molecule has 0 saturated carbocycles. The number of thiophene rings is 1. The molecule has 1 N–H and O–H groups in total. The van der Waals surface area contributed by atoms with E-state index in [9.17, 15) is 14.4 Å². The van der Waals surface area contributed by atoms with Crippen LogP contribution in [0.25, 0.3) is 11.0 Å². The number of carbonyl (C=O) groups is 2. The van der Waals surface area contributed by atoms with E-state index in [1.807, 2.05) is 31.4 Å². The second-order valence-corrected chi connectivity index (χ2v) is 7.14. The van der Waals surface area contributed by atoms with E-state index in [1.165, 1.54) is 23.5 Å². The second kappa shape index (κ2) is 8.71. The Kier molecular flexibility index (Phi) is 6.10. The van der Waals surface area contributed by atoms with Gasteiger partial charge in [0.2, 0.25) is 0 Å². The average Bonchev–Trinajstić information content (AvgIpc) is 3.19. The number of hydrogen-bond acceptors (Lipinski definition) is 7. The first kappa shape index (κ1) is 19.6. The molecule has 0 unspecified atom stereocenters. The van der Waals surface area contributed by atoms with Crippen LogP contribution in [-0.2, 0) is 14.3 Å². The van der Waals surface area contributed by atoms with Crippen LogP contribution in [0.15, 0.2) is 51.0 Å². The van der Waals surface area contributed by atoms with Crippen LogP contribution in [0.1, 0.15) is 23.4 Å². The zero-order chi connectivity index (χ0) is 20.1. The van der Waals surface area contributed by atoms with E-state index in [2.05, 4.69) is 5.32 Å². The van der Waals surface area contributed by atoms with Gasteiger partial charge >= 0.3 is 11.6 Å². The highest BCUT2D eigenvalue weighted by molar-refractivity contribution is 7.10. The summed E-state index contributed by atoms with van der Waals surface area (Å²) < 4.78 is 15.4. The SMILES string of the molecule is Cc1cc(=O)oc2cc(OCC(=O)OCC(=O)N[C@H](C)c3cccs3)ccc12. The summed E-state index contributed by atoms with van der Waals surface area (Å²) >= 11 is 1.54. The third-order valence-electron chi connectivity index (χ3n) is 3.99. The maximum Gasteiger partial charge on any atom is 0.344 e. The molecule has 0 radical (unpaired) electrons. The lowest BCUT2D eigenvalue weighted by Crippen LogP contribution is -2.31. The molecule has 1 atom stereocenters. The summed E-state index contributed by atoms with van der Waals surface area (Å²) in [6.45, 7) is 2.91. The highest BCUT2D eigenvalue weighted by atomic mass is 32.1. The van der Waals surface area contributed by atoms with E-state index in [4.69, 9.17) is 13.9 Å². The molecule has 0 saturated heterocycles. The minimum atomic E-state index is -0.676. The molecule has 28 heavy (non-hydrogen) atoms. The van der Waals surface area contributed by atoms with Crippen molar-refractivity contribution >= 4 is 34.2 Å². The second-order valence-electron chi connectivity index (χ2n) is 6.16. The molecule has 0 spiro atoms. The van der Waals surface area contributed by atoms with E-state index < -0.39 is 17.5 Å². The Labute approximate surface area is 164 Å². The normalized spacial score (nSPS) is 11.8. The molecule has 7 nitrogen and oxygen atoms in total. The van der Waals surface area contributed by atoms with Crippen molar-refractivity contribution in [3.63, 3.8) is 0 Å². The maximum atomic E-state index is 11.9. The number of carbonyl (C=O) groups excluding carboxylic acids is 2. The van der Waals surface area contributed by atoms with Gasteiger partial charge < -0.3 is 19.2 Å². The summed E-state index contributed by atoms with van der Waals surface area (Å²) in [5.41, 5.74) is 0.710. The maximum absolute atomic E-state index is 11.9. The summed E-state index contributed by atoms with van der Waals surface area (Å²) in [6, 6.07) is 10.0. The fraction of sp³-hybridized carbons (Fsp3) is 0.250. The fourth-order valence-corrected chi connectivity index (χ4v) is 3.35. The van der Waals surface area contributed by atoms with Crippen molar-refractivity contribution in [2.75, 3.05) is 13.2 Å². The molecule has 1 aromatic carbocycles. The number of rotatable bonds is 7. The fourth-order valence-electron chi connectivity index (χ4n) is 2.62.